The summed E-state index contributed by atoms with van der Waals surface area (Å²) in [6.07, 6.45) is 3.32. The fourth-order valence-corrected chi connectivity index (χ4v) is 5.55. The highest BCUT2D eigenvalue weighted by molar-refractivity contribution is 5.62. The maximum Gasteiger partial charge on any atom is 0.254 e. The van der Waals surface area contributed by atoms with Crippen LogP contribution in [0.15, 0.2) is 85.2 Å². The Balaban J connectivity index is 0.000000167. The van der Waals surface area contributed by atoms with Gasteiger partial charge in [0, 0.05) is 62.1 Å². The smallest absolute Gasteiger partial charge is 0.254 e. The minimum absolute atomic E-state index is 0.156. The van der Waals surface area contributed by atoms with Gasteiger partial charge in [0.2, 0.25) is 0 Å². The van der Waals surface area contributed by atoms with E-state index in [4.69, 9.17) is 9.47 Å². The topological polar surface area (TPSA) is 156 Å². The van der Waals surface area contributed by atoms with Crippen molar-refractivity contribution in [2.45, 2.75) is 13.3 Å². The van der Waals surface area contributed by atoms with E-state index in [2.05, 4.69) is 50.6 Å². The Kier molecular flexibility index (Phi) is 11.5. The van der Waals surface area contributed by atoms with Gasteiger partial charge in [-0.05, 0) is 60.7 Å². The van der Waals surface area contributed by atoms with Crippen molar-refractivity contribution in [3.63, 3.8) is 0 Å². The lowest BCUT2D eigenvalue weighted by Crippen LogP contribution is -2.37. The minimum Gasteiger partial charge on any atom is -0.390 e. The SMILES string of the molecule is FCc1ccn(-c2nc(Nc3ccc(F)cc3)cc(N3CCOCC3)n2)n1.OCc1ccn(-c2nc(Nc3ccc(F)cc3)cc(N3CCOCC3)n2)n1. The van der Waals surface area contributed by atoms with Crippen LogP contribution in [0.2, 0.25) is 0 Å². The molecule has 6 aromatic rings. The Morgan fingerprint density at radius 3 is 1.41 bits per heavy atom. The molecule has 0 amide bonds. The molecule has 54 heavy (non-hydrogen) atoms. The van der Waals surface area contributed by atoms with Gasteiger partial charge in [0.25, 0.3) is 11.9 Å². The number of ether oxygens (including phenoxy) is 2. The molecule has 6 heterocycles. The number of halogens is 3. The number of aromatic nitrogens is 8. The van der Waals surface area contributed by atoms with Gasteiger partial charge < -0.3 is 35.0 Å². The molecule has 0 bridgehead atoms. The van der Waals surface area contributed by atoms with Crippen molar-refractivity contribution in [1.29, 1.82) is 0 Å². The van der Waals surface area contributed by atoms with Gasteiger partial charge in [-0.15, -0.1) is 0 Å². The molecule has 0 unspecified atom stereocenters. The Morgan fingerprint density at radius 1 is 0.593 bits per heavy atom. The van der Waals surface area contributed by atoms with E-state index in [0.29, 0.717) is 91.6 Å². The fourth-order valence-electron chi connectivity index (χ4n) is 5.55. The molecule has 15 nitrogen and oxygen atoms in total. The number of nitrogens with one attached hydrogen (secondary N) is 2. The van der Waals surface area contributed by atoms with Crippen LogP contribution in [-0.4, -0.2) is 97.2 Å². The third kappa shape index (κ3) is 9.27. The zero-order valence-corrected chi connectivity index (χ0v) is 29.0. The summed E-state index contributed by atoms with van der Waals surface area (Å²) in [6.45, 7) is 4.58. The van der Waals surface area contributed by atoms with Crippen molar-refractivity contribution in [1.82, 2.24) is 39.5 Å². The number of aliphatic hydroxyl groups excluding tert-OH is 1. The quantitative estimate of drug-likeness (QED) is 0.177. The third-order valence-corrected chi connectivity index (χ3v) is 8.30. The molecule has 3 N–H and O–H groups in total. The molecule has 0 spiro atoms. The number of alkyl halides is 1. The summed E-state index contributed by atoms with van der Waals surface area (Å²) in [6, 6.07) is 19.0. The van der Waals surface area contributed by atoms with Gasteiger partial charge in [-0.2, -0.15) is 30.1 Å². The van der Waals surface area contributed by atoms with Crippen LogP contribution in [-0.2, 0) is 22.8 Å². The van der Waals surface area contributed by atoms with E-state index in [1.54, 1.807) is 48.8 Å². The number of hydrogen-bond donors (Lipinski definition) is 3. The average Bonchev–Trinajstić information content (AvgIpc) is 3.91. The second-order valence-corrected chi connectivity index (χ2v) is 12.1. The van der Waals surface area contributed by atoms with Gasteiger partial charge in [-0.1, -0.05) is 0 Å². The van der Waals surface area contributed by atoms with Crippen molar-refractivity contribution < 1.29 is 27.8 Å². The van der Waals surface area contributed by atoms with Crippen molar-refractivity contribution in [2.75, 3.05) is 73.0 Å². The van der Waals surface area contributed by atoms with E-state index in [0.717, 1.165) is 18.9 Å². The lowest BCUT2D eigenvalue weighted by atomic mass is 10.3. The van der Waals surface area contributed by atoms with Crippen LogP contribution in [0.1, 0.15) is 11.4 Å². The molecular formula is C36H37F3N12O3. The predicted molar refractivity (Wildman–Crippen MR) is 194 cm³/mol. The second kappa shape index (κ2) is 17.1. The minimum atomic E-state index is -0.656. The van der Waals surface area contributed by atoms with Gasteiger partial charge in [-0.3, -0.25) is 0 Å². The number of aliphatic hydroxyl groups is 1. The number of rotatable bonds is 10. The molecule has 0 saturated carbocycles. The zero-order valence-electron chi connectivity index (χ0n) is 29.0. The summed E-state index contributed by atoms with van der Waals surface area (Å²) >= 11 is 0. The molecule has 0 atom stereocenters. The Hall–Kier alpha value is -6.11. The highest BCUT2D eigenvalue weighted by atomic mass is 19.1. The summed E-state index contributed by atoms with van der Waals surface area (Å²) in [7, 11) is 0. The molecule has 2 aliphatic rings. The van der Waals surface area contributed by atoms with Crippen molar-refractivity contribution in [2.24, 2.45) is 0 Å². The first-order valence-electron chi connectivity index (χ1n) is 17.2. The Bertz CT molecular complexity index is 1970. The highest BCUT2D eigenvalue weighted by Gasteiger charge is 2.18. The van der Waals surface area contributed by atoms with E-state index in [9.17, 15) is 18.3 Å². The van der Waals surface area contributed by atoms with Crippen LogP contribution in [0.25, 0.3) is 11.9 Å². The van der Waals surface area contributed by atoms with Crippen molar-refractivity contribution in [3.8, 4) is 11.9 Å². The molecule has 18 heteroatoms. The van der Waals surface area contributed by atoms with Gasteiger partial charge in [0.05, 0.1) is 44.4 Å². The molecule has 0 aliphatic carbocycles. The van der Waals surface area contributed by atoms with Gasteiger partial charge >= 0.3 is 0 Å². The Morgan fingerprint density at radius 2 is 1.02 bits per heavy atom. The monoisotopic (exact) mass is 742 g/mol. The molecule has 0 radical (unpaired) electrons. The Labute approximate surface area is 308 Å². The molecule has 280 valence electrons. The molecule has 2 aliphatic heterocycles. The number of morpholine rings is 2. The van der Waals surface area contributed by atoms with Crippen LogP contribution < -0.4 is 20.4 Å². The summed E-state index contributed by atoms with van der Waals surface area (Å²) in [5, 5.41) is 24.0. The van der Waals surface area contributed by atoms with E-state index in [-0.39, 0.29) is 18.2 Å². The normalized spacial score (nSPS) is 14.4. The summed E-state index contributed by atoms with van der Waals surface area (Å²) < 4.78 is 52.9. The van der Waals surface area contributed by atoms with E-state index in [1.165, 1.54) is 33.6 Å². The summed E-state index contributed by atoms with van der Waals surface area (Å²) in [5.74, 6) is 2.64. The molecule has 2 saturated heterocycles. The number of benzene rings is 2. The fraction of sp³-hybridized carbons (Fsp3) is 0.278. The van der Waals surface area contributed by atoms with Crippen LogP contribution >= 0.6 is 0 Å². The number of hydrogen-bond acceptors (Lipinski definition) is 13. The molecular weight excluding hydrogens is 705 g/mol. The maximum atomic E-state index is 13.1. The van der Waals surface area contributed by atoms with E-state index < -0.39 is 6.67 Å². The second-order valence-electron chi connectivity index (χ2n) is 12.1. The number of anilines is 6. The largest absolute Gasteiger partial charge is 0.390 e. The summed E-state index contributed by atoms with van der Waals surface area (Å²) in [5.41, 5.74) is 2.25. The lowest BCUT2D eigenvalue weighted by molar-refractivity contribution is 0.122. The van der Waals surface area contributed by atoms with E-state index in [1.807, 2.05) is 12.1 Å². The standard InChI is InChI=1S/C18H18F2N6O.C18H19FN6O2/c19-12-15-5-6-26(24-15)18-22-16(21-14-3-1-13(20)2-4-14)11-17(23-18)25-7-9-27-10-8-25;19-13-1-3-14(4-2-13)20-16-11-17(24-7-9-27-10-8-24)22-18(21-16)25-6-5-15(12-26)23-25/h1-6,11H,7-10,12H2,(H,21,22,23);1-6,11,26H,7-10,12H2,(H,20,21,22). The van der Waals surface area contributed by atoms with Gasteiger partial charge in [0.1, 0.15) is 41.6 Å². The highest BCUT2D eigenvalue weighted by Crippen LogP contribution is 2.24. The van der Waals surface area contributed by atoms with Gasteiger partial charge in [0.15, 0.2) is 0 Å². The predicted octanol–water partition coefficient (Wildman–Crippen LogP) is 4.73. The summed E-state index contributed by atoms with van der Waals surface area (Å²) in [4.78, 5) is 22.4. The molecule has 2 fully saturated rings. The first-order valence-corrected chi connectivity index (χ1v) is 17.2. The third-order valence-electron chi connectivity index (χ3n) is 8.30. The maximum absolute atomic E-state index is 13.1. The van der Waals surface area contributed by atoms with Crippen molar-refractivity contribution in [3.05, 3.63) is 108 Å². The number of nitrogens with zero attached hydrogens (tertiary/aromatic N) is 10. The molecule has 8 rings (SSSR count). The average molecular weight is 743 g/mol. The van der Waals surface area contributed by atoms with Crippen LogP contribution in [0.5, 0.6) is 0 Å². The van der Waals surface area contributed by atoms with E-state index >= 15 is 0 Å². The molecule has 4 aromatic heterocycles. The lowest BCUT2D eigenvalue weighted by Gasteiger charge is -2.28. The van der Waals surface area contributed by atoms with Crippen LogP contribution in [0.3, 0.4) is 0 Å². The van der Waals surface area contributed by atoms with Crippen LogP contribution in [0.4, 0.5) is 47.8 Å². The molecule has 2 aromatic carbocycles. The zero-order chi connectivity index (χ0) is 37.3. The first-order chi connectivity index (χ1) is 26.4. The first kappa shape index (κ1) is 36.3. The van der Waals surface area contributed by atoms with Crippen LogP contribution in [0, 0.1) is 11.6 Å². The van der Waals surface area contributed by atoms with Crippen molar-refractivity contribution >= 4 is 34.6 Å². The van der Waals surface area contributed by atoms with Gasteiger partial charge in [-0.25, -0.2) is 22.5 Å².